The Kier molecular flexibility index (Phi) is 4.85. The van der Waals surface area contributed by atoms with E-state index in [4.69, 9.17) is 4.74 Å². The van der Waals surface area contributed by atoms with Crippen LogP contribution in [0.25, 0.3) is 0 Å². The minimum Gasteiger partial charge on any atom is -0.508 e. The van der Waals surface area contributed by atoms with Gasteiger partial charge in [0.25, 0.3) is 0 Å². The minimum absolute atomic E-state index is 0.227. The van der Waals surface area contributed by atoms with Gasteiger partial charge in [-0.05, 0) is 24.6 Å². The van der Waals surface area contributed by atoms with Crippen molar-refractivity contribution >= 4 is 5.95 Å². The summed E-state index contributed by atoms with van der Waals surface area (Å²) in [4.78, 5) is 20.1. The van der Waals surface area contributed by atoms with Crippen molar-refractivity contribution in [3.63, 3.8) is 0 Å². The number of phenols is 1. The molecule has 0 atom stereocenters. The summed E-state index contributed by atoms with van der Waals surface area (Å²) in [6.45, 7) is 2.82. The Balaban J connectivity index is 1.77. The van der Waals surface area contributed by atoms with Crippen molar-refractivity contribution in [1.82, 2.24) is 24.9 Å². The summed E-state index contributed by atoms with van der Waals surface area (Å²) >= 11 is 0. The van der Waals surface area contributed by atoms with Crippen molar-refractivity contribution in [2.45, 2.75) is 19.9 Å². The van der Waals surface area contributed by atoms with Crippen molar-refractivity contribution < 1.29 is 9.84 Å². The number of phenolic OH excluding ortho intramolecular Hbond substituents is 1. The first-order valence-corrected chi connectivity index (χ1v) is 7.60. The van der Waals surface area contributed by atoms with Gasteiger partial charge in [0, 0.05) is 18.8 Å². The number of nitrogens with one attached hydrogen (secondary N) is 2. The first-order valence-electron chi connectivity index (χ1n) is 7.60. The average molecular weight is 326 g/mol. The largest absolute Gasteiger partial charge is 0.508 e. The van der Waals surface area contributed by atoms with Gasteiger partial charge < -0.3 is 20.1 Å². The number of aromatic amines is 1. The lowest BCUT2D eigenvalue weighted by Gasteiger charge is -2.08. The summed E-state index contributed by atoms with van der Waals surface area (Å²) in [5, 5.41) is 12.5. The van der Waals surface area contributed by atoms with E-state index in [-0.39, 0.29) is 11.8 Å². The zero-order valence-electron chi connectivity index (χ0n) is 13.2. The molecule has 0 saturated carbocycles. The van der Waals surface area contributed by atoms with Crippen LogP contribution in [-0.2, 0) is 13.0 Å². The lowest BCUT2D eigenvalue weighted by Crippen LogP contribution is -2.10. The fraction of sp³-hybridized carbons (Fsp3) is 0.250. The number of ether oxygens (including phenoxy) is 1. The molecule has 2 heterocycles. The Labute approximate surface area is 139 Å². The van der Waals surface area contributed by atoms with Crippen LogP contribution in [0.3, 0.4) is 0 Å². The van der Waals surface area contributed by atoms with E-state index in [1.54, 1.807) is 24.5 Å². The standard InChI is InChI=1S/C16H18N6O2/c1-2-24-16-21-13(9-11-3-5-12(23)6-4-11)20-15(22-16)19-10-14-17-7-8-18-14/h3-8,23H,2,9-10H2,1H3,(H,17,18)(H,19,20,21,22). The molecule has 0 radical (unpaired) electrons. The molecule has 0 aliphatic heterocycles. The Hall–Kier alpha value is -3.16. The zero-order chi connectivity index (χ0) is 16.8. The number of benzene rings is 1. The molecule has 3 rings (SSSR count). The molecule has 0 aliphatic rings. The van der Waals surface area contributed by atoms with Crippen LogP contribution in [0.15, 0.2) is 36.7 Å². The summed E-state index contributed by atoms with van der Waals surface area (Å²) in [6.07, 6.45) is 3.96. The van der Waals surface area contributed by atoms with Gasteiger partial charge in [-0.15, -0.1) is 0 Å². The van der Waals surface area contributed by atoms with Crippen LogP contribution in [0.4, 0.5) is 5.95 Å². The predicted octanol–water partition coefficient (Wildman–Crippen LogP) is 1.90. The highest BCUT2D eigenvalue weighted by atomic mass is 16.5. The lowest BCUT2D eigenvalue weighted by molar-refractivity contribution is 0.310. The van der Waals surface area contributed by atoms with Crippen LogP contribution in [-0.4, -0.2) is 36.6 Å². The smallest absolute Gasteiger partial charge is 0.321 e. The normalized spacial score (nSPS) is 10.5. The third-order valence-electron chi connectivity index (χ3n) is 3.20. The van der Waals surface area contributed by atoms with Crippen LogP contribution < -0.4 is 10.1 Å². The van der Waals surface area contributed by atoms with Gasteiger partial charge in [-0.1, -0.05) is 12.1 Å². The van der Waals surface area contributed by atoms with Gasteiger partial charge in [-0.2, -0.15) is 15.0 Å². The number of rotatable bonds is 7. The second kappa shape index (κ2) is 7.40. The Morgan fingerprint density at radius 3 is 2.71 bits per heavy atom. The quantitative estimate of drug-likeness (QED) is 0.608. The third kappa shape index (κ3) is 4.19. The van der Waals surface area contributed by atoms with Crippen LogP contribution in [0.2, 0.25) is 0 Å². The van der Waals surface area contributed by atoms with Crippen molar-refractivity contribution in [3.05, 3.63) is 53.9 Å². The molecule has 0 amide bonds. The monoisotopic (exact) mass is 326 g/mol. The predicted molar refractivity (Wildman–Crippen MR) is 87.8 cm³/mol. The van der Waals surface area contributed by atoms with E-state index >= 15 is 0 Å². The fourth-order valence-electron chi connectivity index (χ4n) is 2.10. The van der Waals surface area contributed by atoms with Crippen LogP contribution in [0.5, 0.6) is 11.8 Å². The molecule has 0 bridgehead atoms. The van der Waals surface area contributed by atoms with Gasteiger partial charge >= 0.3 is 6.01 Å². The molecule has 2 aromatic heterocycles. The van der Waals surface area contributed by atoms with Crippen molar-refractivity contribution in [2.75, 3.05) is 11.9 Å². The molecule has 124 valence electrons. The van der Waals surface area contributed by atoms with Crippen molar-refractivity contribution in [2.24, 2.45) is 0 Å². The number of nitrogens with zero attached hydrogens (tertiary/aromatic N) is 4. The van der Waals surface area contributed by atoms with E-state index in [0.717, 1.165) is 11.4 Å². The number of hydrogen-bond acceptors (Lipinski definition) is 7. The van der Waals surface area contributed by atoms with E-state index < -0.39 is 0 Å². The molecule has 0 unspecified atom stereocenters. The summed E-state index contributed by atoms with van der Waals surface area (Å²) in [6, 6.07) is 7.21. The Morgan fingerprint density at radius 2 is 2.00 bits per heavy atom. The average Bonchev–Trinajstić information content (AvgIpc) is 3.09. The topological polar surface area (TPSA) is 109 Å². The highest BCUT2D eigenvalue weighted by molar-refractivity contribution is 5.30. The highest BCUT2D eigenvalue weighted by Gasteiger charge is 2.09. The Bertz CT molecular complexity index is 774. The minimum atomic E-state index is 0.227. The van der Waals surface area contributed by atoms with E-state index in [1.165, 1.54) is 0 Å². The maximum Gasteiger partial charge on any atom is 0.321 e. The lowest BCUT2D eigenvalue weighted by atomic mass is 10.1. The van der Waals surface area contributed by atoms with Crippen LogP contribution >= 0.6 is 0 Å². The highest BCUT2D eigenvalue weighted by Crippen LogP contribution is 2.15. The van der Waals surface area contributed by atoms with Gasteiger partial charge in [0.1, 0.15) is 17.4 Å². The van der Waals surface area contributed by atoms with E-state index in [0.29, 0.717) is 31.3 Å². The second-order valence-electron chi connectivity index (χ2n) is 5.02. The SMILES string of the molecule is CCOc1nc(Cc2ccc(O)cc2)nc(NCc2ncc[nH]2)n1. The van der Waals surface area contributed by atoms with E-state index in [9.17, 15) is 5.11 Å². The first kappa shape index (κ1) is 15.7. The molecule has 1 aromatic carbocycles. The molecule has 24 heavy (non-hydrogen) atoms. The molecule has 8 nitrogen and oxygen atoms in total. The summed E-state index contributed by atoms with van der Waals surface area (Å²) < 4.78 is 5.42. The van der Waals surface area contributed by atoms with Crippen LogP contribution in [0.1, 0.15) is 24.1 Å². The number of aromatic nitrogens is 5. The first-order chi connectivity index (χ1) is 11.7. The number of hydrogen-bond donors (Lipinski definition) is 3. The number of imidazole rings is 1. The van der Waals surface area contributed by atoms with Gasteiger partial charge in [0.15, 0.2) is 0 Å². The maximum absolute atomic E-state index is 9.36. The third-order valence-corrected chi connectivity index (χ3v) is 3.20. The van der Waals surface area contributed by atoms with Gasteiger partial charge in [-0.3, -0.25) is 0 Å². The molecule has 8 heteroatoms. The number of H-pyrrole nitrogens is 1. The maximum atomic E-state index is 9.36. The van der Waals surface area contributed by atoms with Gasteiger partial charge in [-0.25, -0.2) is 4.98 Å². The summed E-state index contributed by atoms with van der Waals surface area (Å²) in [7, 11) is 0. The molecule has 0 spiro atoms. The molecular formula is C16H18N6O2. The number of aromatic hydroxyl groups is 1. The van der Waals surface area contributed by atoms with E-state index in [2.05, 4.69) is 30.2 Å². The van der Waals surface area contributed by atoms with Crippen molar-refractivity contribution in [1.29, 1.82) is 0 Å². The fourth-order valence-corrected chi connectivity index (χ4v) is 2.10. The second-order valence-corrected chi connectivity index (χ2v) is 5.02. The van der Waals surface area contributed by atoms with Gasteiger partial charge in [0.05, 0.1) is 13.2 Å². The summed E-state index contributed by atoms with van der Waals surface area (Å²) in [5.74, 6) is 2.03. The molecule has 3 N–H and O–H groups in total. The molecule has 0 fully saturated rings. The number of anilines is 1. The van der Waals surface area contributed by atoms with E-state index in [1.807, 2.05) is 19.1 Å². The van der Waals surface area contributed by atoms with Crippen LogP contribution in [0, 0.1) is 0 Å². The molecule has 0 saturated heterocycles. The van der Waals surface area contributed by atoms with Gasteiger partial charge in [0.2, 0.25) is 5.95 Å². The zero-order valence-corrected chi connectivity index (χ0v) is 13.2. The molecule has 0 aliphatic carbocycles. The van der Waals surface area contributed by atoms with Crippen molar-refractivity contribution in [3.8, 4) is 11.8 Å². The molecule has 3 aromatic rings. The Morgan fingerprint density at radius 1 is 1.17 bits per heavy atom. The molecular weight excluding hydrogens is 308 g/mol. The summed E-state index contributed by atoms with van der Waals surface area (Å²) in [5.41, 5.74) is 0.985.